The average Bonchev–Trinajstić information content (AvgIpc) is 2.46. The second-order valence-corrected chi connectivity index (χ2v) is 5.79. The molecule has 0 fully saturated rings. The molecule has 0 spiro atoms. The monoisotopic (exact) mass is 301 g/mol. The van der Waals surface area contributed by atoms with E-state index < -0.39 is 0 Å². The van der Waals surface area contributed by atoms with Crippen LogP contribution >= 0.6 is 11.8 Å². The fraction of sp³-hybridized carbons (Fsp3) is 0.267. The molecule has 2 aromatic rings. The summed E-state index contributed by atoms with van der Waals surface area (Å²) in [5.74, 6) is 0.0237. The van der Waals surface area contributed by atoms with Crippen LogP contribution in [0.25, 0.3) is 0 Å². The lowest BCUT2D eigenvalue weighted by atomic mass is 9.84. The molecule has 108 valence electrons. The van der Waals surface area contributed by atoms with Gasteiger partial charge in [0.1, 0.15) is 5.82 Å². The highest BCUT2D eigenvalue weighted by Gasteiger charge is 2.31. The second kappa shape index (κ2) is 5.37. The van der Waals surface area contributed by atoms with Gasteiger partial charge in [0.05, 0.1) is 5.56 Å². The average molecular weight is 301 g/mol. The molecule has 1 amide bonds. The molecule has 1 atom stereocenters. The SMILES string of the molecule is CSc1nc2c(c(=O)[nH]1)[C@@H](c1ccccc1C)CC(=O)N2. The molecule has 0 radical (unpaired) electrons. The number of aromatic nitrogens is 2. The Bertz CT molecular complexity index is 770. The molecule has 0 unspecified atom stereocenters. The van der Waals surface area contributed by atoms with Crippen LogP contribution in [0.3, 0.4) is 0 Å². The number of H-pyrrole nitrogens is 1. The number of nitrogens with zero attached hydrogens (tertiary/aromatic N) is 1. The maximum atomic E-state index is 12.4. The molecule has 3 rings (SSSR count). The number of hydrogen-bond donors (Lipinski definition) is 2. The van der Waals surface area contributed by atoms with Crippen molar-refractivity contribution >= 4 is 23.5 Å². The molecule has 2 heterocycles. The lowest BCUT2D eigenvalue weighted by Crippen LogP contribution is -2.31. The van der Waals surface area contributed by atoms with Crippen LogP contribution in [0, 0.1) is 6.92 Å². The topological polar surface area (TPSA) is 74.8 Å². The van der Waals surface area contributed by atoms with Crippen LogP contribution in [0.15, 0.2) is 34.2 Å². The Morgan fingerprint density at radius 3 is 2.76 bits per heavy atom. The number of amides is 1. The smallest absolute Gasteiger partial charge is 0.257 e. The van der Waals surface area contributed by atoms with Gasteiger partial charge in [0.2, 0.25) is 5.91 Å². The molecule has 1 aromatic heterocycles. The fourth-order valence-electron chi connectivity index (χ4n) is 2.69. The number of anilines is 1. The van der Waals surface area contributed by atoms with Gasteiger partial charge in [0.15, 0.2) is 5.16 Å². The Balaban J connectivity index is 2.21. The van der Waals surface area contributed by atoms with Crippen LogP contribution in [-0.4, -0.2) is 22.1 Å². The highest BCUT2D eigenvalue weighted by molar-refractivity contribution is 7.98. The number of rotatable bonds is 2. The number of aromatic amines is 1. The predicted molar refractivity (Wildman–Crippen MR) is 82.9 cm³/mol. The molecule has 0 saturated carbocycles. The Morgan fingerprint density at radius 1 is 1.29 bits per heavy atom. The largest absolute Gasteiger partial charge is 0.310 e. The van der Waals surface area contributed by atoms with E-state index in [0.29, 0.717) is 16.5 Å². The predicted octanol–water partition coefficient (Wildman–Crippen LogP) is 2.27. The molecule has 1 aliphatic rings. The zero-order chi connectivity index (χ0) is 15.0. The van der Waals surface area contributed by atoms with Crippen molar-refractivity contribution < 1.29 is 4.79 Å². The maximum absolute atomic E-state index is 12.4. The second-order valence-electron chi connectivity index (χ2n) is 5.00. The van der Waals surface area contributed by atoms with E-state index in [-0.39, 0.29) is 23.8 Å². The van der Waals surface area contributed by atoms with Crippen LogP contribution in [-0.2, 0) is 4.79 Å². The zero-order valence-corrected chi connectivity index (χ0v) is 12.6. The summed E-state index contributed by atoms with van der Waals surface area (Å²) in [5, 5.41) is 3.22. The first kappa shape index (κ1) is 13.9. The first-order chi connectivity index (χ1) is 10.1. The summed E-state index contributed by atoms with van der Waals surface area (Å²) in [6.45, 7) is 1.99. The van der Waals surface area contributed by atoms with E-state index in [2.05, 4.69) is 15.3 Å². The zero-order valence-electron chi connectivity index (χ0n) is 11.8. The first-order valence-corrected chi connectivity index (χ1v) is 7.86. The van der Waals surface area contributed by atoms with Crippen LogP contribution in [0.2, 0.25) is 0 Å². The third-order valence-corrected chi connectivity index (χ3v) is 4.27. The van der Waals surface area contributed by atoms with Crippen molar-refractivity contribution in [1.82, 2.24) is 9.97 Å². The van der Waals surface area contributed by atoms with Crippen molar-refractivity contribution in [2.75, 3.05) is 11.6 Å². The summed E-state index contributed by atoms with van der Waals surface area (Å²) < 4.78 is 0. The van der Waals surface area contributed by atoms with Crippen LogP contribution in [0.1, 0.15) is 29.0 Å². The van der Waals surface area contributed by atoms with E-state index in [1.165, 1.54) is 11.8 Å². The minimum Gasteiger partial charge on any atom is -0.310 e. The van der Waals surface area contributed by atoms with Crippen molar-refractivity contribution in [2.24, 2.45) is 0 Å². The molecule has 1 aromatic carbocycles. The summed E-state index contributed by atoms with van der Waals surface area (Å²) in [7, 11) is 0. The van der Waals surface area contributed by atoms with Crippen molar-refractivity contribution in [1.29, 1.82) is 0 Å². The lowest BCUT2D eigenvalue weighted by molar-refractivity contribution is -0.116. The number of fused-ring (bicyclic) bond motifs is 1. The Kier molecular flexibility index (Phi) is 3.55. The van der Waals surface area contributed by atoms with E-state index in [4.69, 9.17) is 0 Å². The van der Waals surface area contributed by atoms with Gasteiger partial charge in [-0.15, -0.1) is 0 Å². The number of carbonyl (C=O) groups excluding carboxylic acids is 1. The summed E-state index contributed by atoms with van der Waals surface area (Å²) in [6.07, 6.45) is 2.09. The molecule has 0 bridgehead atoms. The van der Waals surface area contributed by atoms with E-state index in [1.54, 1.807) is 0 Å². The maximum Gasteiger partial charge on any atom is 0.257 e. The van der Waals surface area contributed by atoms with Crippen molar-refractivity contribution in [3.63, 3.8) is 0 Å². The van der Waals surface area contributed by atoms with Gasteiger partial charge < -0.3 is 10.3 Å². The van der Waals surface area contributed by atoms with Gasteiger partial charge in [0.25, 0.3) is 5.56 Å². The van der Waals surface area contributed by atoms with Gasteiger partial charge in [0, 0.05) is 12.3 Å². The number of benzene rings is 1. The highest BCUT2D eigenvalue weighted by atomic mass is 32.2. The van der Waals surface area contributed by atoms with Gasteiger partial charge >= 0.3 is 0 Å². The summed E-state index contributed by atoms with van der Waals surface area (Å²) in [6, 6.07) is 7.82. The summed E-state index contributed by atoms with van der Waals surface area (Å²) in [5.41, 5.74) is 2.42. The molecule has 1 aliphatic heterocycles. The fourth-order valence-corrected chi connectivity index (χ4v) is 3.07. The third kappa shape index (κ3) is 2.47. The third-order valence-electron chi connectivity index (χ3n) is 3.69. The first-order valence-electron chi connectivity index (χ1n) is 6.63. The lowest BCUT2D eigenvalue weighted by Gasteiger charge is -2.25. The molecule has 2 N–H and O–H groups in total. The summed E-state index contributed by atoms with van der Waals surface area (Å²) in [4.78, 5) is 31.4. The molecule has 6 heteroatoms. The normalized spacial score (nSPS) is 17.2. The van der Waals surface area contributed by atoms with E-state index in [0.717, 1.165) is 11.1 Å². The molecule has 5 nitrogen and oxygen atoms in total. The minimum atomic E-state index is -0.248. The standard InChI is InChI=1S/C15H15N3O2S/c1-8-5-3-4-6-9(8)10-7-11(19)16-13-12(10)14(20)18-15(17-13)21-2/h3-6,10H,7H2,1-2H3,(H2,16,17,18,19,20)/t10-/m1/s1. The molecule has 21 heavy (non-hydrogen) atoms. The quantitative estimate of drug-likeness (QED) is 0.659. The van der Waals surface area contributed by atoms with Crippen molar-refractivity contribution in [3.05, 3.63) is 51.3 Å². The van der Waals surface area contributed by atoms with E-state index in [1.807, 2.05) is 37.4 Å². The van der Waals surface area contributed by atoms with Gasteiger partial charge in [-0.05, 0) is 24.3 Å². The van der Waals surface area contributed by atoms with Gasteiger partial charge in [-0.3, -0.25) is 9.59 Å². The van der Waals surface area contributed by atoms with Crippen LogP contribution in [0.4, 0.5) is 5.82 Å². The number of nitrogens with one attached hydrogen (secondary N) is 2. The highest BCUT2D eigenvalue weighted by Crippen LogP contribution is 2.35. The van der Waals surface area contributed by atoms with Gasteiger partial charge in [-0.25, -0.2) is 4.98 Å². The molecule has 0 saturated heterocycles. The van der Waals surface area contributed by atoms with Crippen LogP contribution < -0.4 is 10.9 Å². The number of thioether (sulfide) groups is 1. The molecule has 0 aliphatic carbocycles. The van der Waals surface area contributed by atoms with Gasteiger partial charge in [-0.1, -0.05) is 36.0 Å². The Hall–Kier alpha value is -2.08. The number of hydrogen-bond acceptors (Lipinski definition) is 4. The minimum absolute atomic E-state index is 0.110. The molecular formula is C15H15N3O2S. The van der Waals surface area contributed by atoms with Gasteiger partial charge in [-0.2, -0.15) is 0 Å². The number of aryl methyl sites for hydroxylation is 1. The van der Waals surface area contributed by atoms with E-state index >= 15 is 0 Å². The summed E-state index contributed by atoms with van der Waals surface area (Å²) >= 11 is 1.34. The number of carbonyl (C=O) groups is 1. The Morgan fingerprint density at radius 2 is 2.05 bits per heavy atom. The Labute approximate surface area is 126 Å². The van der Waals surface area contributed by atoms with Crippen LogP contribution in [0.5, 0.6) is 0 Å². The van der Waals surface area contributed by atoms with E-state index in [9.17, 15) is 9.59 Å². The van der Waals surface area contributed by atoms with Crippen molar-refractivity contribution in [3.8, 4) is 0 Å². The van der Waals surface area contributed by atoms with Crippen molar-refractivity contribution in [2.45, 2.75) is 24.4 Å². The molecular weight excluding hydrogens is 286 g/mol.